The summed E-state index contributed by atoms with van der Waals surface area (Å²) >= 11 is 3.45. The third kappa shape index (κ3) is 3.16. The molecule has 0 bridgehead atoms. The molecular formula is C16H20BrN9. The molecule has 10 heteroatoms. The van der Waals surface area contributed by atoms with Crippen LogP contribution in [0.15, 0.2) is 29.3 Å². The second-order valence-electron chi connectivity index (χ2n) is 6.26. The van der Waals surface area contributed by atoms with E-state index in [1.807, 2.05) is 13.1 Å². The largest absolute Gasteiger partial charge is 0.369 e. The maximum absolute atomic E-state index is 4.55. The Bertz CT molecular complexity index is 883. The first-order valence-electron chi connectivity index (χ1n) is 8.59. The summed E-state index contributed by atoms with van der Waals surface area (Å²) in [6.07, 6.45) is 8.96. The van der Waals surface area contributed by atoms with E-state index in [9.17, 15) is 0 Å². The summed E-state index contributed by atoms with van der Waals surface area (Å²) in [7, 11) is 0. The lowest BCUT2D eigenvalue weighted by Gasteiger charge is -2.35. The van der Waals surface area contributed by atoms with Gasteiger partial charge in [0.15, 0.2) is 0 Å². The molecule has 136 valence electrons. The Hall–Kier alpha value is -2.49. The summed E-state index contributed by atoms with van der Waals surface area (Å²) < 4.78 is 2.90. The van der Waals surface area contributed by atoms with E-state index in [2.05, 4.69) is 63.4 Å². The summed E-state index contributed by atoms with van der Waals surface area (Å²) in [5.74, 6) is 1.31. The zero-order valence-corrected chi connectivity index (χ0v) is 16.2. The van der Waals surface area contributed by atoms with Crippen LogP contribution in [-0.4, -0.2) is 41.3 Å². The fourth-order valence-electron chi connectivity index (χ4n) is 3.12. The van der Waals surface area contributed by atoms with Crippen molar-refractivity contribution in [1.82, 2.24) is 34.7 Å². The summed E-state index contributed by atoms with van der Waals surface area (Å²) in [6, 6.07) is 0.720. The van der Waals surface area contributed by atoms with Crippen LogP contribution in [0.25, 0.3) is 0 Å². The molecule has 3 aromatic rings. The van der Waals surface area contributed by atoms with Gasteiger partial charge < -0.3 is 10.6 Å². The van der Waals surface area contributed by atoms with Gasteiger partial charge in [0, 0.05) is 12.7 Å². The molecule has 1 aliphatic rings. The Balaban J connectivity index is 1.46. The number of rotatable bonds is 6. The number of halogens is 1. The van der Waals surface area contributed by atoms with Crippen molar-refractivity contribution in [2.75, 3.05) is 17.2 Å². The maximum Gasteiger partial charge on any atom is 0.229 e. The standard InChI is InChI=1S/C16H20BrN9/c1-3-18-15-13(17)8-19-16(24-15)23-14-9-22-25(10(14)2)11-6-12(7-11)26-20-4-5-21-26/h4-5,8-9,11-12H,3,6-7H2,1-2H3,(H2,18,19,23,24). The van der Waals surface area contributed by atoms with Crippen LogP contribution in [-0.2, 0) is 0 Å². The van der Waals surface area contributed by atoms with E-state index in [4.69, 9.17) is 0 Å². The van der Waals surface area contributed by atoms with E-state index in [0.29, 0.717) is 18.0 Å². The second-order valence-corrected chi connectivity index (χ2v) is 7.12. The maximum atomic E-state index is 4.55. The molecule has 1 aliphatic carbocycles. The lowest BCUT2D eigenvalue weighted by molar-refractivity contribution is 0.158. The minimum atomic E-state index is 0.354. The molecule has 0 spiro atoms. The zero-order chi connectivity index (χ0) is 18.1. The molecule has 0 radical (unpaired) electrons. The Morgan fingerprint density at radius 3 is 2.65 bits per heavy atom. The van der Waals surface area contributed by atoms with E-state index >= 15 is 0 Å². The third-order valence-corrected chi connectivity index (χ3v) is 5.16. The summed E-state index contributed by atoms with van der Waals surface area (Å²) in [4.78, 5) is 10.6. The van der Waals surface area contributed by atoms with Gasteiger partial charge >= 0.3 is 0 Å². The molecule has 9 nitrogen and oxygen atoms in total. The molecule has 3 aromatic heterocycles. The topological polar surface area (TPSA) is 98.4 Å². The predicted octanol–water partition coefficient (Wildman–Crippen LogP) is 3.09. The number of hydrogen-bond donors (Lipinski definition) is 2. The highest BCUT2D eigenvalue weighted by atomic mass is 79.9. The molecule has 0 aromatic carbocycles. The highest BCUT2D eigenvalue weighted by Gasteiger charge is 2.34. The summed E-state index contributed by atoms with van der Waals surface area (Å²) in [5, 5.41) is 19.5. The van der Waals surface area contributed by atoms with Gasteiger partial charge in [-0.15, -0.1) is 0 Å². The van der Waals surface area contributed by atoms with Crippen LogP contribution >= 0.6 is 15.9 Å². The van der Waals surface area contributed by atoms with E-state index < -0.39 is 0 Å². The number of anilines is 3. The van der Waals surface area contributed by atoms with Gasteiger partial charge in [-0.05, 0) is 42.6 Å². The fraction of sp³-hybridized carbons (Fsp3) is 0.438. The average Bonchev–Trinajstić information content (AvgIpc) is 3.22. The lowest BCUT2D eigenvalue weighted by atomic mass is 9.87. The van der Waals surface area contributed by atoms with Gasteiger partial charge in [-0.25, -0.2) is 4.98 Å². The highest BCUT2D eigenvalue weighted by molar-refractivity contribution is 9.10. The van der Waals surface area contributed by atoms with Crippen molar-refractivity contribution in [3.05, 3.63) is 35.0 Å². The Kier molecular flexibility index (Phi) is 4.58. The first-order chi connectivity index (χ1) is 12.7. The van der Waals surface area contributed by atoms with Crippen molar-refractivity contribution in [1.29, 1.82) is 0 Å². The Morgan fingerprint density at radius 2 is 1.92 bits per heavy atom. The van der Waals surface area contributed by atoms with Gasteiger partial charge in [0.1, 0.15) is 5.82 Å². The molecule has 1 fully saturated rings. The minimum absolute atomic E-state index is 0.354. The van der Waals surface area contributed by atoms with Crippen LogP contribution in [0.1, 0.15) is 37.5 Å². The van der Waals surface area contributed by atoms with Crippen molar-refractivity contribution in [3.63, 3.8) is 0 Å². The van der Waals surface area contributed by atoms with Crippen molar-refractivity contribution in [2.45, 2.75) is 38.8 Å². The van der Waals surface area contributed by atoms with Crippen molar-refractivity contribution in [3.8, 4) is 0 Å². The van der Waals surface area contributed by atoms with Crippen molar-refractivity contribution < 1.29 is 0 Å². The zero-order valence-electron chi connectivity index (χ0n) is 14.6. The summed E-state index contributed by atoms with van der Waals surface area (Å²) in [5.41, 5.74) is 1.98. The van der Waals surface area contributed by atoms with E-state index in [-0.39, 0.29) is 0 Å². The molecule has 1 saturated carbocycles. The second kappa shape index (κ2) is 7.02. The SMILES string of the molecule is CCNc1nc(Nc2cnn(C3CC(n4nccn4)C3)c2C)ncc1Br. The van der Waals surface area contributed by atoms with Crippen LogP contribution in [0.3, 0.4) is 0 Å². The monoisotopic (exact) mass is 417 g/mol. The Morgan fingerprint density at radius 1 is 1.15 bits per heavy atom. The molecule has 0 unspecified atom stereocenters. The van der Waals surface area contributed by atoms with Gasteiger partial charge in [0.05, 0.1) is 46.5 Å². The van der Waals surface area contributed by atoms with Gasteiger partial charge in [0.25, 0.3) is 0 Å². The normalized spacial score (nSPS) is 19.2. The van der Waals surface area contributed by atoms with Crippen molar-refractivity contribution in [2.24, 2.45) is 0 Å². The van der Waals surface area contributed by atoms with Crippen LogP contribution in [0, 0.1) is 6.92 Å². The molecule has 3 heterocycles. The van der Waals surface area contributed by atoms with Gasteiger partial charge in [-0.1, -0.05) is 0 Å². The molecule has 4 rings (SSSR count). The summed E-state index contributed by atoms with van der Waals surface area (Å²) in [6.45, 7) is 4.87. The number of aromatic nitrogens is 7. The fourth-order valence-corrected chi connectivity index (χ4v) is 3.45. The van der Waals surface area contributed by atoms with Crippen molar-refractivity contribution >= 4 is 33.4 Å². The average molecular weight is 418 g/mol. The minimum Gasteiger partial charge on any atom is -0.369 e. The molecular weight excluding hydrogens is 398 g/mol. The smallest absolute Gasteiger partial charge is 0.229 e. The third-order valence-electron chi connectivity index (χ3n) is 4.58. The van der Waals surface area contributed by atoms with Crippen LogP contribution in [0.2, 0.25) is 0 Å². The number of nitrogens with one attached hydrogen (secondary N) is 2. The molecule has 2 N–H and O–H groups in total. The van der Waals surface area contributed by atoms with E-state index in [1.54, 1.807) is 23.4 Å². The van der Waals surface area contributed by atoms with Gasteiger partial charge in [0.2, 0.25) is 5.95 Å². The van der Waals surface area contributed by atoms with Crippen LogP contribution < -0.4 is 10.6 Å². The lowest BCUT2D eigenvalue weighted by Crippen LogP contribution is -2.31. The van der Waals surface area contributed by atoms with Crippen LogP contribution in [0.5, 0.6) is 0 Å². The molecule has 0 aliphatic heterocycles. The highest BCUT2D eigenvalue weighted by Crippen LogP contribution is 2.41. The quantitative estimate of drug-likeness (QED) is 0.635. The van der Waals surface area contributed by atoms with E-state index in [0.717, 1.165) is 41.1 Å². The first kappa shape index (κ1) is 17.0. The van der Waals surface area contributed by atoms with Gasteiger partial charge in [-0.2, -0.15) is 25.1 Å². The van der Waals surface area contributed by atoms with Gasteiger partial charge in [-0.3, -0.25) is 4.68 Å². The first-order valence-corrected chi connectivity index (χ1v) is 9.38. The molecule has 0 saturated heterocycles. The molecule has 0 atom stereocenters. The van der Waals surface area contributed by atoms with E-state index in [1.165, 1.54) is 0 Å². The predicted molar refractivity (Wildman–Crippen MR) is 101 cm³/mol. The van der Waals surface area contributed by atoms with Crippen LogP contribution in [0.4, 0.5) is 17.5 Å². The number of hydrogen-bond acceptors (Lipinski definition) is 7. The number of nitrogens with zero attached hydrogens (tertiary/aromatic N) is 7. The molecule has 0 amide bonds. The molecule has 26 heavy (non-hydrogen) atoms. The Labute approximate surface area is 159 Å².